The van der Waals surface area contributed by atoms with Gasteiger partial charge in [-0.05, 0) is 88.3 Å². The van der Waals surface area contributed by atoms with Crippen LogP contribution in [0.25, 0.3) is 6.08 Å². The molecule has 7 nitrogen and oxygen atoms in total. The Kier molecular flexibility index (Phi) is 7.63. The van der Waals surface area contributed by atoms with E-state index in [2.05, 4.69) is 27.9 Å². The molecule has 1 N–H and O–H groups in total. The summed E-state index contributed by atoms with van der Waals surface area (Å²) >= 11 is 14.0. The molecule has 1 heterocycles. The van der Waals surface area contributed by atoms with Gasteiger partial charge in [0.1, 0.15) is 12.2 Å². The van der Waals surface area contributed by atoms with E-state index in [4.69, 9.17) is 32.7 Å². The van der Waals surface area contributed by atoms with E-state index in [9.17, 15) is 14.4 Å². The molecule has 35 heavy (non-hydrogen) atoms. The zero-order valence-electron chi connectivity index (χ0n) is 18.2. The molecule has 0 saturated carbocycles. The van der Waals surface area contributed by atoms with Crippen molar-refractivity contribution in [3.8, 4) is 11.5 Å². The maximum atomic E-state index is 13.1. The zero-order chi connectivity index (χ0) is 25.1. The van der Waals surface area contributed by atoms with Crippen LogP contribution < -0.4 is 19.7 Å². The van der Waals surface area contributed by atoms with Gasteiger partial charge in [-0.2, -0.15) is 0 Å². The third kappa shape index (κ3) is 5.61. The summed E-state index contributed by atoms with van der Waals surface area (Å²) in [6.07, 6.45) is 1.40. The molecule has 1 saturated heterocycles. The summed E-state index contributed by atoms with van der Waals surface area (Å²) in [6, 6.07) is 16.0. The summed E-state index contributed by atoms with van der Waals surface area (Å²) in [4.78, 5) is 38.9. The highest BCUT2D eigenvalue weighted by Crippen LogP contribution is 2.35. The first-order valence-electron chi connectivity index (χ1n) is 10.2. The minimum atomic E-state index is -0.837. The predicted molar refractivity (Wildman–Crippen MR) is 142 cm³/mol. The summed E-state index contributed by atoms with van der Waals surface area (Å²) in [5.41, 5.74) is 1.49. The van der Waals surface area contributed by atoms with E-state index in [1.807, 2.05) is 12.1 Å². The van der Waals surface area contributed by atoms with Crippen LogP contribution in [0.2, 0.25) is 10.0 Å². The monoisotopic (exact) mass is 622 g/mol. The number of rotatable bonds is 6. The second-order valence-corrected chi connectivity index (χ2v) is 9.42. The number of imide groups is 2. The van der Waals surface area contributed by atoms with E-state index in [1.165, 1.54) is 25.3 Å². The second kappa shape index (κ2) is 10.7. The average Bonchev–Trinajstić information content (AvgIpc) is 2.82. The summed E-state index contributed by atoms with van der Waals surface area (Å²) in [5, 5.41) is 3.25. The van der Waals surface area contributed by atoms with Crippen molar-refractivity contribution in [3.05, 3.63) is 91.0 Å². The highest BCUT2D eigenvalue weighted by atomic mass is 127. The van der Waals surface area contributed by atoms with E-state index >= 15 is 0 Å². The number of benzene rings is 3. The van der Waals surface area contributed by atoms with Crippen LogP contribution in [0.1, 0.15) is 11.1 Å². The van der Waals surface area contributed by atoms with E-state index in [0.717, 1.165) is 10.5 Å². The number of urea groups is 1. The van der Waals surface area contributed by atoms with E-state index in [0.29, 0.717) is 30.7 Å². The van der Waals surface area contributed by atoms with Crippen molar-refractivity contribution in [3.63, 3.8) is 0 Å². The van der Waals surface area contributed by atoms with Crippen molar-refractivity contribution in [2.75, 3.05) is 12.0 Å². The fourth-order valence-electron chi connectivity index (χ4n) is 3.39. The number of barbiturate groups is 1. The smallest absolute Gasteiger partial charge is 0.335 e. The van der Waals surface area contributed by atoms with Crippen LogP contribution in [0, 0.1) is 3.57 Å². The molecule has 0 radical (unpaired) electrons. The van der Waals surface area contributed by atoms with Crippen molar-refractivity contribution in [1.29, 1.82) is 0 Å². The lowest BCUT2D eigenvalue weighted by Crippen LogP contribution is -2.54. The topological polar surface area (TPSA) is 84.9 Å². The maximum Gasteiger partial charge on any atom is 0.335 e. The summed E-state index contributed by atoms with van der Waals surface area (Å²) in [5.74, 6) is -0.621. The van der Waals surface area contributed by atoms with Gasteiger partial charge in [0, 0.05) is 10.0 Å². The first-order valence-corrected chi connectivity index (χ1v) is 12.0. The summed E-state index contributed by atoms with van der Waals surface area (Å²) in [6.45, 7) is 0.270. The molecule has 3 aromatic carbocycles. The van der Waals surface area contributed by atoms with Crippen molar-refractivity contribution in [2.24, 2.45) is 0 Å². The molecule has 0 atom stereocenters. The Morgan fingerprint density at radius 2 is 1.74 bits per heavy atom. The zero-order valence-corrected chi connectivity index (χ0v) is 21.8. The number of halogens is 3. The largest absolute Gasteiger partial charge is 0.493 e. The number of anilines is 1. The molecule has 0 aliphatic carbocycles. The molecule has 10 heteroatoms. The van der Waals surface area contributed by atoms with Crippen LogP contribution in [-0.2, 0) is 16.2 Å². The van der Waals surface area contributed by atoms with Gasteiger partial charge in [-0.15, -0.1) is 0 Å². The Morgan fingerprint density at radius 3 is 2.43 bits per heavy atom. The number of methoxy groups -OCH3 is 1. The van der Waals surface area contributed by atoms with Gasteiger partial charge in [-0.3, -0.25) is 14.9 Å². The standard InChI is InChI=1S/C25H17Cl2IN2O5/c1-34-21-12-15(11-20(28)22(21)35-13-14-3-2-4-17(27)9-14)10-19-23(31)29-25(33)30(24(19)32)18-7-5-16(26)6-8-18/h2-12H,13H2,1H3,(H,29,31,33)/b19-10+. The third-order valence-corrected chi connectivity index (χ3v) is 6.31. The Labute approximate surface area is 224 Å². The SMILES string of the molecule is COc1cc(/C=C2\C(=O)NC(=O)N(c3ccc(Cl)cc3)C2=O)cc(I)c1OCc1cccc(Cl)c1. The van der Waals surface area contributed by atoms with E-state index < -0.39 is 17.8 Å². The molecule has 1 aliphatic rings. The van der Waals surface area contributed by atoms with Crippen LogP contribution >= 0.6 is 45.8 Å². The molecule has 1 aliphatic heterocycles. The second-order valence-electron chi connectivity index (χ2n) is 7.39. The van der Waals surface area contributed by atoms with Gasteiger partial charge < -0.3 is 9.47 Å². The minimum Gasteiger partial charge on any atom is -0.493 e. The molecule has 0 unspecified atom stereocenters. The molecule has 4 rings (SSSR count). The lowest BCUT2D eigenvalue weighted by Gasteiger charge is -2.26. The molecule has 1 fully saturated rings. The van der Waals surface area contributed by atoms with Crippen LogP contribution in [-0.4, -0.2) is 25.0 Å². The maximum absolute atomic E-state index is 13.1. The van der Waals surface area contributed by atoms with Gasteiger partial charge >= 0.3 is 6.03 Å². The van der Waals surface area contributed by atoms with Crippen LogP contribution in [0.4, 0.5) is 10.5 Å². The minimum absolute atomic E-state index is 0.204. The Bertz CT molecular complexity index is 1360. The number of amides is 4. The predicted octanol–water partition coefficient (Wildman–Crippen LogP) is 5.85. The van der Waals surface area contributed by atoms with Gasteiger partial charge in [0.2, 0.25) is 0 Å². The fourth-order valence-corrected chi connectivity index (χ4v) is 4.51. The van der Waals surface area contributed by atoms with E-state index in [1.54, 1.807) is 36.4 Å². The number of ether oxygens (including phenoxy) is 2. The lowest BCUT2D eigenvalue weighted by molar-refractivity contribution is -0.122. The van der Waals surface area contributed by atoms with Crippen LogP contribution in [0.3, 0.4) is 0 Å². The number of carbonyl (C=O) groups excluding carboxylic acids is 3. The molecular formula is C25H17Cl2IN2O5. The van der Waals surface area contributed by atoms with Crippen molar-refractivity contribution in [2.45, 2.75) is 6.61 Å². The normalized spacial score (nSPS) is 14.8. The van der Waals surface area contributed by atoms with Gasteiger partial charge in [0.05, 0.1) is 16.4 Å². The molecule has 0 bridgehead atoms. The highest BCUT2D eigenvalue weighted by Gasteiger charge is 2.36. The average molecular weight is 623 g/mol. The molecular weight excluding hydrogens is 606 g/mol. The lowest BCUT2D eigenvalue weighted by atomic mass is 10.1. The van der Waals surface area contributed by atoms with Crippen LogP contribution in [0.5, 0.6) is 11.5 Å². The van der Waals surface area contributed by atoms with Crippen molar-refractivity contribution >= 4 is 75.4 Å². The fraction of sp³-hybridized carbons (Fsp3) is 0.0800. The Morgan fingerprint density at radius 1 is 1.00 bits per heavy atom. The molecule has 3 aromatic rings. The number of hydrogen-bond acceptors (Lipinski definition) is 5. The molecule has 4 amide bonds. The Balaban J connectivity index is 1.64. The van der Waals surface area contributed by atoms with Crippen molar-refractivity contribution < 1.29 is 23.9 Å². The summed E-state index contributed by atoms with van der Waals surface area (Å²) < 4.78 is 12.2. The molecule has 178 valence electrons. The quantitative estimate of drug-likeness (QED) is 0.212. The third-order valence-electron chi connectivity index (χ3n) is 5.02. The van der Waals surface area contributed by atoms with Gasteiger partial charge in [0.15, 0.2) is 11.5 Å². The molecule has 0 spiro atoms. The van der Waals surface area contributed by atoms with Gasteiger partial charge in [0.25, 0.3) is 11.8 Å². The first kappa shape index (κ1) is 25.0. The first-order chi connectivity index (χ1) is 16.8. The van der Waals surface area contributed by atoms with Gasteiger partial charge in [-0.25, -0.2) is 9.69 Å². The Hall–Kier alpha value is -3.08. The highest BCUT2D eigenvalue weighted by molar-refractivity contribution is 14.1. The van der Waals surface area contributed by atoms with Crippen LogP contribution in [0.15, 0.2) is 66.2 Å². The van der Waals surface area contributed by atoms with E-state index in [-0.39, 0.29) is 17.9 Å². The number of nitrogens with one attached hydrogen (secondary N) is 1. The number of nitrogens with zero attached hydrogens (tertiary/aromatic N) is 1. The van der Waals surface area contributed by atoms with Gasteiger partial charge in [-0.1, -0.05) is 35.3 Å². The number of hydrogen-bond donors (Lipinski definition) is 1. The molecule has 0 aromatic heterocycles. The number of carbonyl (C=O) groups is 3. The van der Waals surface area contributed by atoms with Crippen molar-refractivity contribution in [1.82, 2.24) is 5.32 Å². The summed E-state index contributed by atoms with van der Waals surface area (Å²) in [7, 11) is 1.49.